The lowest BCUT2D eigenvalue weighted by molar-refractivity contribution is 0.354. The summed E-state index contributed by atoms with van der Waals surface area (Å²) < 4.78 is 29.6. The number of imidazole rings is 1. The normalized spacial score (nSPS) is 18.6. The zero-order valence-corrected chi connectivity index (χ0v) is 15.2. The van der Waals surface area contributed by atoms with Crippen molar-refractivity contribution in [3.63, 3.8) is 0 Å². The van der Waals surface area contributed by atoms with Gasteiger partial charge in [-0.05, 0) is 31.9 Å². The van der Waals surface area contributed by atoms with Crippen LogP contribution in [0.4, 0.5) is 5.95 Å². The van der Waals surface area contributed by atoms with Crippen molar-refractivity contribution in [2.45, 2.75) is 37.2 Å². The Labute approximate surface area is 151 Å². The second-order valence-electron chi connectivity index (χ2n) is 6.56. The zero-order valence-electron chi connectivity index (χ0n) is 14.4. The lowest BCUT2D eigenvalue weighted by Crippen LogP contribution is -2.38. The molecule has 1 atom stereocenters. The number of nitrogens with zero attached hydrogens (tertiary/aromatic N) is 5. The number of rotatable bonds is 4. The summed E-state index contributed by atoms with van der Waals surface area (Å²) in [5, 5.41) is 0. The average Bonchev–Trinajstić information content (AvgIpc) is 3.23. The van der Waals surface area contributed by atoms with Gasteiger partial charge in [-0.1, -0.05) is 17.7 Å². The van der Waals surface area contributed by atoms with Crippen LogP contribution < -0.4 is 5.73 Å². The van der Waals surface area contributed by atoms with E-state index in [1.165, 1.54) is 0 Å². The molecule has 0 radical (unpaired) electrons. The first-order valence-electron chi connectivity index (χ1n) is 8.47. The van der Waals surface area contributed by atoms with Gasteiger partial charge in [0.15, 0.2) is 5.65 Å². The number of nitrogen functional groups attached to an aromatic ring is 1. The molecule has 26 heavy (non-hydrogen) atoms. The standard InChI is InChI=1S/C17H20N6O2S/c1-12-4-6-14(7-5-12)26(24,25)23-8-2-3-13(23)10-22-11-20-15-9-19-17(18)21-16(15)22/h4-7,9,11,13H,2-3,8,10H2,1H3,(H2,18,19,21). The van der Waals surface area contributed by atoms with E-state index in [9.17, 15) is 8.42 Å². The number of hydrogen-bond acceptors (Lipinski definition) is 6. The quantitative estimate of drug-likeness (QED) is 0.745. The minimum atomic E-state index is -3.53. The molecule has 0 amide bonds. The van der Waals surface area contributed by atoms with Gasteiger partial charge in [-0.25, -0.2) is 18.4 Å². The summed E-state index contributed by atoms with van der Waals surface area (Å²) in [7, 11) is -3.53. The van der Waals surface area contributed by atoms with Crippen LogP contribution in [0.15, 0.2) is 41.7 Å². The molecule has 1 aromatic carbocycles. The van der Waals surface area contributed by atoms with E-state index in [4.69, 9.17) is 5.73 Å². The molecule has 1 unspecified atom stereocenters. The smallest absolute Gasteiger partial charge is 0.243 e. The highest BCUT2D eigenvalue weighted by Gasteiger charge is 2.35. The van der Waals surface area contributed by atoms with Crippen LogP contribution in [0.1, 0.15) is 18.4 Å². The number of hydrogen-bond donors (Lipinski definition) is 1. The van der Waals surface area contributed by atoms with E-state index in [0.29, 0.717) is 29.1 Å². The highest BCUT2D eigenvalue weighted by molar-refractivity contribution is 7.89. The summed E-state index contributed by atoms with van der Waals surface area (Å²) in [6, 6.07) is 6.83. The summed E-state index contributed by atoms with van der Waals surface area (Å²) in [6.07, 6.45) is 4.86. The van der Waals surface area contributed by atoms with E-state index >= 15 is 0 Å². The fourth-order valence-corrected chi connectivity index (χ4v) is 5.07. The van der Waals surface area contributed by atoms with Crippen LogP contribution in [-0.2, 0) is 16.6 Å². The van der Waals surface area contributed by atoms with Gasteiger partial charge in [0.25, 0.3) is 0 Å². The summed E-state index contributed by atoms with van der Waals surface area (Å²) in [4.78, 5) is 12.8. The van der Waals surface area contributed by atoms with Crippen molar-refractivity contribution in [2.75, 3.05) is 12.3 Å². The molecule has 3 aromatic rings. The highest BCUT2D eigenvalue weighted by atomic mass is 32.2. The predicted molar refractivity (Wildman–Crippen MR) is 97.8 cm³/mol. The monoisotopic (exact) mass is 372 g/mol. The Kier molecular flexibility index (Phi) is 4.12. The Hall–Kier alpha value is -2.52. The molecule has 0 saturated carbocycles. The number of benzene rings is 1. The van der Waals surface area contributed by atoms with Gasteiger partial charge in [-0.2, -0.15) is 9.29 Å². The number of anilines is 1. The van der Waals surface area contributed by atoms with Crippen LogP contribution in [0, 0.1) is 6.92 Å². The fraction of sp³-hybridized carbons (Fsp3) is 0.353. The van der Waals surface area contributed by atoms with Gasteiger partial charge in [0.2, 0.25) is 16.0 Å². The number of sulfonamides is 1. The van der Waals surface area contributed by atoms with E-state index in [2.05, 4.69) is 15.0 Å². The molecule has 9 heteroatoms. The molecule has 1 fully saturated rings. The van der Waals surface area contributed by atoms with Crippen molar-refractivity contribution in [3.8, 4) is 0 Å². The summed E-state index contributed by atoms with van der Waals surface area (Å²) in [6.45, 7) is 2.94. The molecule has 4 rings (SSSR count). The largest absolute Gasteiger partial charge is 0.368 e. The maximum Gasteiger partial charge on any atom is 0.243 e. The molecule has 1 aliphatic heterocycles. The second-order valence-corrected chi connectivity index (χ2v) is 8.45. The van der Waals surface area contributed by atoms with Crippen molar-refractivity contribution < 1.29 is 8.42 Å². The molecule has 1 aliphatic rings. The van der Waals surface area contributed by atoms with Crippen LogP contribution >= 0.6 is 0 Å². The van der Waals surface area contributed by atoms with Gasteiger partial charge < -0.3 is 10.3 Å². The Balaban J connectivity index is 1.64. The summed E-state index contributed by atoms with van der Waals surface area (Å²) in [5.41, 5.74) is 7.97. The third-order valence-electron chi connectivity index (χ3n) is 4.74. The number of fused-ring (bicyclic) bond motifs is 1. The van der Waals surface area contributed by atoms with E-state index in [1.807, 2.05) is 23.6 Å². The molecule has 136 valence electrons. The molecular formula is C17H20N6O2S. The Morgan fingerprint density at radius 1 is 1.23 bits per heavy atom. The molecule has 8 nitrogen and oxygen atoms in total. The van der Waals surface area contributed by atoms with E-state index < -0.39 is 10.0 Å². The van der Waals surface area contributed by atoms with Crippen LogP contribution in [-0.4, -0.2) is 44.8 Å². The highest BCUT2D eigenvalue weighted by Crippen LogP contribution is 2.28. The number of nitrogens with two attached hydrogens (primary N) is 1. The Bertz CT molecular complexity index is 1040. The van der Waals surface area contributed by atoms with Gasteiger partial charge >= 0.3 is 0 Å². The van der Waals surface area contributed by atoms with Crippen molar-refractivity contribution in [3.05, 3.63) is 42.4 Å². The molecule has 3 heterocycles. The molecule has 0 bridgehead atoms. The maximum absolute atomic E-state index is 13.1. The molecule has 0 aliphatic carbocycles. The maximum atomic E-state index is 13.1. The fourth-order valence-electron chi connectivity index (χ4n) is 3.38. The van der Waals surface area contributed by atoms with Gasteiger partial charge in [-0.3, -0.25) is 0 Å². The van der Waals surface area contributed by atoms with Crippen LogP contribution in [0.2, 0.25) is 0 Å². The molecule has 2 N–H and O–H groups in total. The first-order chi connectivity index (χ1) is 12.4. The number of aryl methyl sites for hydroxylation is 1. The van der Waals surface area contributed by atoms with Crippen molar-refractivity contribution in [1.29, 1.82) is 0 Å². The van der Waals surface area contributed by atoms with Gasteiger partial charge in [0.1, 0.15) is 5.52 Å². The van der Waals surface area contributed by atoms with Crippen molar-refractivity contribution >= 4 is 27.1 Å². The van der Waals surface area contributed by atoms with E-state index in [1.54, 1.807) is 29.0 Å². The first kappa shape index (κ1) is 16.9. The third-order valence-corrected chi connectivity index (χ3v) is 6.70. The van der Waals surface area contributed by atoms with Gasteiger partial charge in [0, 0.05) is 19.1 Å². The zero-order chi connectivity index (χ0) is 18.3. The summed E-state index contributed by atoms with van der Waals surface area (Å²) in [5.74, 6) is 0.176. The van der Waals surface area contributed by atoms with Crippen LogP contribution in [0.25, 0.3) is 11.2 Å². The molecule has 0 spiro atoms. The summed E-state index contributed by atoms with van der Waals surface area (Å²) >= 11 is 0. The van der Waals surface area contributed by atoms with Crippen molar-refractivity contribution in [2.24, 2.45) is 0 Å². The Morgan fingerprint density at radius 3 is 2.77 bits per heavy atom. The van der Waals surface area contributed by atoms with Gasteiger partial charge in [0.05, 0.1) is 17.4 Å². The SMILES string of the molecule is Cc1ccc(S(=O)(=O)N2CCCC2Cn2cnc3cnc(N)nc32)cc1. The molecular weight excluding hydrogens is 352 g/mol. The number of aromatic nitrogens is 4. The van der Waals surface area contributed by atoms with Crippen LogP contribution in [0.5, 0.6) is 0 Å². The van der Waals surface area contributed by atoms with Crippen molar-refractivity contribution in [1.82, 2.24) is 23.8 Å². The van der Waals surface area contributed by atoms with E-state index in [0.717, 1.165) is 18.4 Å². The minimum Gasteiger partial charge on any atom is -0.368 e. The first-order valence-corrected chi connectivity index (χ1v) is 9.91. The topological polar surface area (TPSA) is 107 Å². The third kappa shape index (κ3) is 2.93. The predicted octanol–water partition coefficient (Wildman–Crippen LogP) is 1.57. The molecule has 2 aromatic heterocycles. The second kappa shape index (κ2) is 6.33. The minimum absolute atomic E-state index is 0.144. The van der Waals surface area contributed by atoms with Crippen LogP contribution in [0.3, 0.4) is 0 Å². The van der Waals surface area contributed by atoms with Gasteiger partial charge in [-0.15, -0.1) is 0 Å². The average molecular weight is 372 g/mol. The lowest BCUT2D eigenvalue weighted by atomic mass is 10.2. The lowest BCUT2D eigenvalue weighted by Gasteiger charge is -2.24. The van der Waals surface area contributed by atoms with E-state index in [-0.39, 0.29) is 12.0 Å². The molecule has 1 saturated heterocycles. The Morgan fingerprint density at radius 2 is 2.00 bits per heavy atom.